The van der Waals surface area contributed by atoms with Crippen LogP contribution in [0.1, 0.15) is 37.7 Å². The van der Waals surface area contributed by atoms with Crippen LogP contribution in [0.25, 0.3) is 6.08 Å². The molecular formula is C16H14ClNO3. The lowest BCUT2D eigenvalue weighted by Crippen LogP contribution is -2.01. The topological polar surface area (TPSA) is 70.2 Å². The highest BCUT2D eigenvalue weighted by molar-refractivity contribution is 6.30. The van der Waals surface area contributed by atoms with E-state index in [0.717, 1.165) is 5.56 Å². The van der Waals surface area contributed by atoms with Gasteiger partial charge < -0.3 is 10.1 Å². The van der Waals surface area contributed by atoms with E-state index in [9.17, 15) is 9.59 Å². The van der Waals surface area contributed by atoms with Gasteiger partial charge in [0.2, 0.25) is 0 Å². The Morgan fingerprint density at radius 2 is 1.81 bits per heavy atom. The summed E-state index contributed by atoms with van der Waals surface area (Å²) in [5, 5.41) is 9.67. The first-order chi connectivity index (χ1) is 9.90. The summed E-state index contributed by atoms with van der Waals surface area (Å²) in [6.45, 7) is 3.30. The molecule has 1 heterocycles. The summed E-state index contributed by atoms with van der Waals surface area (Å²) in [6.07, 6.45) is 3.10. The number of carboxylic acid groups (broad SMARTS) is 1. The fourth-order valence-electron chi connectivity index (χ4n) is 2.16. The highest BCUT2D eigenvalue weighted by Gasteiger charge is 2.19. The summed E-state index contributed by atoms with van der Waals surface area (Å²) in [7, 11) is 0. The van der Waals surface area contributed by atoms with Crippen LogP contribution in [0.4, 0.5) is 0 Å². The number of aromatic amines is 1. The number of ketones is 1. The lowest BCUT2D eigenvalue weighted by atomic mass is 10.0. The molecule has 4 nitrogen and oxygen atoms in total. The zero-order valence-electron chi connectivity index (χ0n) is 11.6. The summed E-state index contributed by atoms with van der Waals surface area (Å²) >= 11 is 5.79. The van der Waals surface area contributed by atoms with Gasteiger partial charge in [0, 0.05) is 16.3 Å². The minimum Gasteiger partial charge on any atom is -0.477 e. The fourth-order valence-corrected chi connectivity index (χ4v) is 2.29. The minimum absolute atomic E-state index is 0.0516. The number of allylic oxidation sites excluding steroid dienone is 1. The van der Waals surface area contributed by atoms with Gasteiger partial charge in [-0.1, -0.05) is 29.8 Å². The maximum Gasteiger partial charge on any atom is 0.352 e. The second kappa shape index (κ2) is 5.97. The third-order valence-corrected chi connectivity index (χ3v) is 3.45. The summed E-state index contributed by atoms with van der Waals surface area (Å²) in [4.78, 5) is 26.0. The van der Waals surface area contributed by atoms with Crippen molar-refractivity contribution in [3.63, 3.8) is 0 Å². The first-order valence-corrected chi connectivity index (χ1v) is 6.68. The van der Waals surface area contributed by atoms with Gasteiger partial charge in [0.1, 0.15) is 5.69 Å². The van der Waals surface area contributed by atoms with E-state index in [-0.39, 0.29) is 11.5 Å². The van der Waals surface area contributed by atoms with Crippen LogP contribution in [-0.2, 0) is 0 Å². The number of rotatable bonds is 4. The number of benzene rings is 1. The third kappa shape index (κ3) is 3.23. The van der Waals surface area contributed by atoms with Crippen molar-refractivity contribution in [3.05, 3.63) is 63.4 Å². The van der Waals surface area contributed by atoms with Crippen LogP contribution in [0.2, 0.25) is 5.02 Å². The van der Waals surface area contributed by atoms with Crippen molar-refractivity contribution in [2.24, 2.45) is 0 Å². The predicted octanol–water partition coefficient (Wildman–Crippen LogP) is 3.88. The molecule has 2 rings (SSSR count). The Balaban J connectivity index is 2.29. The van der Waals surface area contributed by atoms with E-state index in [4.69, 9.17) is 16.7 Å². The second-order valence-corrected chi connectivity index (χ2v) is 5.12. The summed E-state index contributed by atoms with van der Waals surface area (Å²) in [5.41, 5.74) is 2.30. The molecule has 2 aromatic rings. The number of aromatic nitrogens is 1. The lowest BCUT2D eigenvalue weighted by Gasteiger charge is -1.98. The Hall–Kier alpha value is -2.33. The summed E-state index contributed by atoms with van der Waals surface area (Å²) in [6, 6.07) is 7.07. The fraction of sp³-hybridized carbons (Fsp3) is 0.125. The van der Waals surface area contributed by atoms with Gasteiger partial charge >= 0.3 is 5.97 Å². The molecule has 0 bridgehead atoms. The van der Waals surface area contributed by atoms with Gasteiger partial charge in [-0.05, 0) is 43.2 Å². The monoisotopic (exact) mass is 303 g/mol. The zero-order chi connectivity index (χ0) is 15.6. The highest BCUT2D eigenvalue weighted by Crippen LogP contribution is 2.19. The van der Waals surface area contributed by atoms with Crippen molar-refractivity contribution in [2.45, 2.75) is 13.8 Å². The number of hydrogen-bond donors (Lipinski definition) is 2. The van der Waals surface area contributed by atoms with Gasteiger partial charge in [-0.15, -0.1) is 0 Å². The number of hydrogen-bond acceptors (Lipinski definition) is 2. The Labute approximate surface area is 127 Å². The van der Waals surface area contributed by atoms with E-state index in [1.165, 1.54) is 6.08 Å². The van der Waals surface area contributed by atoms with Crippen LogP contribution in [0, 0.1) is 13.8 Å². The van der Waals surface area contributed by atoms with Gasteiger partial charge in [-0.25, -0.2) is 4.79 Å². The number of nitrogens with one attached hydrogen (secondary N) is 1. The maximum atomic E-state index is 12.2. The number of halogens is 1. The lowest BCUT2D eigenvalue weighted by molar-refractivity contribution is 0.0690. The largest absolute Gasteiger partial charge is 0.477 e. The first-order valence-electron chi connectivity index (χ1n) is 6.30. The molecule has 108 valence electrons. The average Bonchev–Trinajstić information content (AvgIpc) is 2.73. The quantitative estimate of drug-likeness (QED) is 0.665. The van der Waals surface area contributed by atoms with Crippen LogP contribution in [0.5, 0.6) is 0 Å². The van der Waals surface area contributed by atoms with Crippen molar-refractivity contribution in [1.82, 2.24) is 4.98 Å². The molecule has 0 fully saturated rings. The number of aryl methyl sites for hydroxylation is 1. The standard InChI is InChI=1S/C16H14ClNO3/c1-9-14(10(2)18-15(9)16(20)21)13(19)8-5-11-3-6-12(17)7-4-11/h3-8,18H,1-2H3,(H,20,21)/b8-5+. The SMILES string of the molecule is Cc1[nH]c(C(=O)O)c(C)c1C(=O)/C=C/c1ccc(Cl)cc1. The molecule has 1 aromatic heterocycles. The Bertz CT molecular complexity index is 727. The number of aromatic carboxylic acids is 1. The van der Waals surface area contributed by atoms with Gasteiger partial charge in [-0.3, -0.25) is 4.79 Å². The first kappa shape index (κ1) is 15.1. The van der Waals surface area contributed by atoms with Crippen molar-refractivity contribution in [2.75, 3.05) is 0 Å². The van der Waals surface area contributed by atoms with Crippen molar-refractivity contribution in [3.8, 4) is 0 Å². The molecule has 0 aliphatic rings. The van der Waals surface area contributed by atoms with Crippen LogP contribution in [0.15, 0.2) is 30.3 Å². The summed E-state index contributed by atoms with van der Waals surface area (Å²) in [5.74, 6) is -1.31. The minimum atomic E-state index is -1.07. The molecule has 0 spiro atoms. The number of carbonyl (C=O) groups excluding carboxylic acids is 1. The zero-order valence-corrected chi connectivity index (χ0v) is 12.4. The van der Waals surface area contributed by atoms with E-state index in [1.807, 2.05) is 0 Å². The maximum absolute atomic E-state index is 12.2. The number of carbonyl (C=O) groups is 2. The van der Waals surface area contributed by atoms with Gasteiger partial charge in [0.05, 0.1) is 0 Å². The average molecular weight is 304 g/mol. The molecular weight excluding hydrogens is 290 g/mol. The highest BCUT2D eigenvalue weighted by atomic mass is 35.5. The van der Waals surface area contributed by atoms with Crippen LogP contribution < -0.4 is 0 Å². The molecule has 21 heavy (non-hydrogen) atoms. The number of carboxylic acids is 1. The number of H-pyrrole nitrogens is 1. The smallest absolute Gasteiger partial charge is 0.352 e. The normalized spacial score (nSPS) is 11.0. The Morgan fingerprint density at radius 3 is 2.33 bits per heavy atom. The molecule has 0 amide bonds. The van der Waals surface area contributed by atoms with E-state index in [2.05, 4.69) is 4.98 Å². The molecule has 1 aromatic carbocycles. The second-order valence-electron chi connectivity index (χ2n) is 4.68. The van der Waals surface area contributed by atoms with E-state index < -0.39 is 5.97 Å². The Morgan fingerprint density at radius 1 is 1.19 bits per heavy atom. The van der Waals surface area contributed by atoms with Gasteiger partial charge in [-0.2, -0.15) is 0 Å². The van der Waals surface area contributed by atoms with E-state index >= 15 is 0 Å². The molecule has 2 N–H and O–H groups in total. The van der Waals surface area contributed by atoms with E-state index in [0.29, 0.717) is 21.8 Å². The Kier molecular flexibility index (Phi) is 4.29. The van der Waals surface area contributed by atoms with Crippen molar-refractivity contribution < 1.29 is 14.7 Å². The van der Waals surface area contributed by atoms with Crippen LogP contribution in [0.3, 0.4) is 0 Å². The molecule has 5 heteroatoms. The molecule has 0 aliphatic carbocycles. The van der Waals surface area contributed by atoms with Crippen molar-refractivity contribution >= 4 is 29.4 Å². The molecule has 0 atom stereocenters. The van der Waals surface area contributed by atoms with Crippen LogP contribution in [-0.4, -0.2) is 21.8 Å². The summed E-state index contributed by atoms with van der Waals surface area (Å²) < 4.78 is 0. The predicted molar refractivity (Wildman–Crippen MR) is 82.0 cm³/mol. The van der Waals surface area contributed by atoms with Crippen LogP contribution >= 0.6 is 11.6 Å². The molecule has 0 unspecified atom stereocenters. The molecule has 0 saturated carbocycles. The molecule has 0 saturated heterocycles. The third-order valence-electron chi connectivity index (χ3n) is 3.19. The molecule has 0 radical (unpaired) electrons. The molecule has 0 aliphatic heterocycles. The van der Waals surface area contributed by atoms with Gasteiger partial charge in [0.25, 0.3) is 0 Å². The van der Waals surface area contributed by atoms with Crippen molar-refractivity contribution in [1.29, 1.82) is 0 Å². The van der Waals surface area contributed by atoms with Gasteiger partial charge in [0.15, 0.2) is 5.78 Å². The van der Waals surface area contributed by atoms with E-state index in [1.54, 1.807) is 44.2 Å².